The maximum atomic E-state index is 10.5. The van der Waals surface area contributed by atoms with Gasteiger partial charge in [-0.3, -0.25) is 4.79 Å². The van der Waals surface area contributed by atoms with Crippen LogP contribution >= 0.6 is 0 Å². The first-order valence-corrected chi connectivity index (χ1v) is 2.70. The molecule has 0 spiro atoms. The fourth-order valence-electron chi connectivity index (χ4n) is 0.338. The minimum Gasteiger partial charge on any atom is -0.877 e. The van der Waals surface area contributed by atoms with E-state index in [1.54, 1.807) is 6.92 Å². The summed E-state index contributed by atoms with van der Waals surface area (Å²) in [5, 5.41) is 9.88. The molecule has 5 heteroatoms. The molecule has 0 saturated heterocycles. The molecule has 0 atom stereocenters. The summed E-state index contributed by atoms with van der Waals surface area (Å²) in [6.07, 6.45) is 0.343. The summed E-state index contributed by atoms with van der Waals surface area (Å²) in [4.78, 5) is 20.4. The van der Waals surface area contributed by atoms with Gasteiger partial charge in [0, 0.05) is 0 Å². The summed E-state index contributed by atoms with van der Waals surface area (Å²) in [6.45, 7) is 1.75. The largest absolute Gasteiger partial charge is 1.00 e. The second kappa shape index (κ2) is 7.78. The van der Waals surface area contributed by atoms with Gasteiger partial charge in [-0.15, -0.1) is 6.26 Å². The molecule has 11 heavy (non-hydrogen) atoms. The van der Waals surface area contributed by atoms with Crippen LogP contribution < -0.4 is 34.7 Å². The van der Waals surface area contributed by atoms with Crippen LogP contribution in [-0.4, -0.2) is 18.9 Å². The maximum absolute atomic E-state index is 10.5. The molecule has 56 valence electrons. The summed E-state index contributed by atoms with van der Waals surface area (Å²) < 4.78 is 4.35. The van der Waals surface area contributed by atoms with E-state index < -0.39 is 11.5 Å². The van der Waals surface area contributed by atoms with E-state index in [-0.39, 0.29) is 48.7 Å². The quantitative estimate of drug-likeness (QED) is 0.0815. The zero-order chi connectivity index (χ0) is 7.98. The minimum absolute atomic E-state index is 0. The second-order valence-electron chi connectivity index (χ2n) is 1.41. The van der Waals surface area contributed by atoms with E-state index in [2.05, 4.69) is 4.74 Å². The van der Waals surface area contributed by atoms with E-state index in [0.29, 0.717) is 0 Å². The Morgan fingerprint density at radius 2 is 2.18 bits per heavy atom. The first-order valence-electron chi connectivity index (χ1n) is 2.70. The van der Waals surface area contributed by atoms with Gasteiger partial charge in [-0.2, -0.15) is 0 Å². The van der Waals surface area contributed by atoms with Gasteiger partial charge in [-0.25, -0.2) is 4.79 Å². The third-order valence-corrected chi connectivity index (χ3v) is 0.765. The Morgan fingerprint density at radius 3 is 2.45 bits per heavy atom. The van der Waals surface area contributed by atoms with Gasteiger partial charge >= 0.3 is 35.5 Å². The number of rotatable bonds is 3. The third kappa shape index (κ3) is 5.01. The number of hydrogen-bond acceptors (Lipinski definition) is 4. The van der Waals surface area contributed by atoms with E-state index in [9.17, 15) is 14.7 Å². The summed E-state index contributed by atoms with van der Waals surface area (Å²) in [6, 6.07) is 0. The van der Waals surface area contributed by atoms with Crippen LogP contribution in [0.1, 0.15) is 6.92 Å². The second-order valence-corrected chi connectivity index (χ2v) is 1.41. The molecule has 0 aliphatic rings. The van der Waals surface area contributed by atoms with Crippen LogP contribution in [0, 0.1) is 0 Å². The summed E-state index contributed by atoms with van der Waals surface area (Å²) in [5.74, 6) is -0.868. The SMILES string of the molecule is CCOC(=O)C(C=O)=C[O-].[Na+]. The van der Waals surface area contributed by atoms with Crippen LogP contribution in [0.25, 0.3) is 0 Å². The van der Waals surface area contributed by atoms with Crippen molar-refractivity contribution in [3.8, 4) is 0 Å². The van der Waals surface area contributed by atoms with Crippen LogP contribution in [0.2, 0.25) is 0 Å². The van der Waals surface area contributed by atoms with Gasteiger partial charge in [0.25, 0.3) is 0 Å². The van der Waals surface area contributed by atoms with Crippen molar-refractivity contribution in [1.29, 1.82) is 0 Å². The molecule has 0 radical (unpaired) electrons. The Morgan fingerprint density at radius 1 is 1.64 bits per heavy atom. The smallest absolute Gasteiger partial charge is 0.877 e. The number of aldehydes is 1. The molecular weight excluding hydrogens is 159 g/mol. The summed E-state index contributed by atoms with van der Waals surface area (Å²) >= 11 is 0. The standard InChI is InChI=1S/C6H8O4.Na/c1-2-10-6(9)5(3-7)4-8;/h3-4,7H,2H2,1H3;/q;+1/p-1. The van der Waals surface area contributed by atoms with E-state index >= 15 is 0 Å². The number of esters is 1. The zero-order valence-electron chi connectivity index (χ0n) is 6.49. The number of carbonyl (C=O) groups excluding carboxylic acids is 2. The van der Waals surface area contributed by atoms with Crippen LogP contribution in [0.3, 0.4) is 0 Å². The minimum atomic E-state index is -0.868. The van der Waals surface area contributed by atoms with Crippen molar-refractivity contribution in [2.45, 2.75) is 6.92 Å². The Balaban J connectivity index is 0. The van der Waals surface area contributed by atoms with E-state index in [0.717, 1.165) is 0 Å². The van der Waals surface area contributed by atoms with Crippen LogP contribution in [0.4, 0.5) is 0 Å². The Kier molecular flexibility index (Phi) is 9.40. The molecule has 0 fully saturated rings. The number of ether oxygens (including phenoxy) is 1. The van der Waals surface area contributed by atoms with Crippen LogP contribution in [0.15, 0.2) is 11.8 Å². The van der Waals surface area contributed by atoms with Gasteiger partial charge in [0.15, 0.2) is 6.29 Å². The molecule has 0 bridgehead atoms. The van der Waals surface area contributed by atoms with Crippen LogP contribution in [-0.2, 0) is 14.3 Å². The Hall–Kier alpha value is -0.320. The first kappa shape index (κ1) is 13.3. The average molecular weight is 166 g/mol. The van der Waals surface area contributed by atoms with Crippen molar-refractivity contribution in [3.63, 3.8) is 0 Å². The first-order chi connectivity index (χ1) is 4.76. The molecule has 0 aromatic heterocycles. The van der Waals surface area contributed by atoms with Gasteiger partial charge in [-0.1, -0.05) is 0 Å². The van der Waals surface area contributed by atoms with Gasteiger partial charge in [-0.05, 0) is 6.92 Å². The van der Waals surface area contributed by atoms with Crippen molar-refractivity contribution < 1.29 is 49.0 Å². The van der Waals surface area contributed by atoms with E-state index in [1.165, 1.54) is 0 Å². The molecule has 0 unspecified atom stereocenters. The van der Waals surface area contributed by atoms with E-state index in [1.807, 2.05) is 0 Å². The number of hydrogen-bond donors (Lipinski definition) is 0. The van der Waals surface area contributed by atoms with Crippen molar-refractivity contribution in [1.82, 2.24) is 0 Å². The molecule has 0 aromatic carbocycles. The molecule has 0 rings (SSSR count). The van der Waals surface area contributed by atoms with Crippen molar-refractivity contribution in [3.05, 3.63) is 11.8 Å². The Labute approximate surface area is 86.5 Å². The van der Waals surface area contributed by atoms with Gasteiger partial charge in [0.05, 0.1) is 12.2 Å². The topological polar surface area (TPSA) is 66.4 Å². The molecule has 0 aliphatic carbocycles. The predicted molar refractivity (Wildman–Crippen MR) is 30.8 cm³/mol. The molecule has 0 amide bonds. The van der Waals surface area contributed by atoms with Crippen molar-refractivity contribution in [2.75, 3.05) is 6.61 Å². The molecule has 4 nitrogen and oxygen atoms in total. The van der Waals surface area contributed by atoms with Gasteiger partial charge in [0.1, 0.15) is 0 Å². The van der Waals surface area contributed by atoms with Crippen molar-refractivity contribution >= 4 is 12.3 Å². The van der Waals surface area contributed by atoms with Crippen LogP contribution in [0.5, 0.6) is 0 Å². The Bertz CT molecular complexity index is 164. The number of carbonyl (C=O) groups is 2. The normalized spacial score (nSPS) is 9.73. The monoisotopic (exact) mass is 166 g/mol. The van der Waals surface area contributed by atoms with Gasteiger partial charge in [0.2, 0.25) is 0 Å². The predicted octanol–water partition coefficient (Wildman–Crippen LogP) is -4.00. The molecule has 0 aliphatic heterocycles. The molecule has 0 N–H and O–H groups in total. The maximum Gasteiger partial charge on any atom is 1.00 e. The molecular formula is C6H7NaO4. The van der Waals surface area contributed by atoms with E-state index in [4.69, 9.17) is 0 Å². The van der Waals surface area contributed by atoms with Gasteiger partial charge < -0.3 is 9.84 Å². The zero-order valence-corrected chi connectivity index (χ0v) is 8.49. The summed E-state index contributed by atoms with van der Waals surface area (Å²) in [5.41, 5.74) is -0.484. The average Bonchev–Trinajstić information content (AvgIpc) is 1.91. The fourth-order valence-corrected chi connectivity index (χ4v) is 0.338. The molecule has 0 heterocycles. The van der Waals surface area contributed by atoms with Crippen molar-refractivity contribution in [2.24, 2.45) is 0 Å². The third-order valence-electron chi connectivity index (χ3n) is 0.765. The fraction of sp³-hybridized carbons (Fsp3) is 0.333. The summed E-state index contributed by atoms with van der Waals surface area (Å²) in [7, 11) is 0. The molecule has 0 aromatic rings. The molecule has 0 saturated carbocycles.